The minimum Gasteiger partial charge on any atom is -0.356 e. The number of hydrogen-bond acceptors (Lipinski definition) is 4. The molecule has 0 radical (unpaired) electrons. The second-order valence-electron chi connectivity index (χ2n) is 11.4. The van der Waals surface area contributed by atoms with E-state index in [-0.39, 0.29) is 18.0 Å². The van der Waals surface area contributed by atoms with E-state index in [0.717, 1.165) is 32.4 Å². The molecule has 4 N–H and O–H groups in total. The quantitative estimate of drug-likeness (QED) is 0.0523. The van der Waals surface area contributed by atoms with Crippen molar-refractivity contribution in [2.45, 2.75) is 175 Å². The van der Waals surface area contributed by atoms with Gasteiger partial charge in [-0.3, -0.25) is 9.59 Å². The highest BCUT2D eigenvalue weighted by atomic mass is 16.2. The fourth-order valence-corrected chi connectivity index (χ4v) is 4.94. The highest BCUT2D eigenvalue weighted by Gasteiger charge is 2.08. The van der Waals surface area contributed by atoms with Gasteiger partial charge in [0.1, 0.15) is 0 Å². The Morgan fingerprint density at radius 3 is 1.05 bits per heavy atom. The van der Waals surface area contributed by atoms with Crippen LogP contribution in [0.15, 0.2) is 0 Å². The first-order valence-electron chi connectivity index (χ1n) is 17.1. The van der Waals surface area contributed by atoms with Crippen LogP contribution >= 0.6 is 0 Å². The Morgan fingerprint density at radius 2 is 0.744 bits per heavy atom. The van der Waals surface area contributed by atoms with Crippen LogP contribution in [0.4, 0.5) is 0 Å². The lowest BCUT2D eigenvalue weighted by Gasteiger charge is -2.18. The number of nitrogens with one attached hydrogen (secondary N) is 4. The number of hydrogen-bond donors (Lipinski definition) is 4. The van der Waals surface area contributed by atoms with E-state index in [2.05, 4.69) is 42.0 Å². The van der Waals surface area contributed by atoms with Crippen LogP contribution in [0, 0.1) is 0 Å². The second-order valence-corrected chi connectivity index (χ2v) is 11.4. The Hall–Kier alpha value is -1.14. The summed E-state index contributed by atoms with van der Waals surface area (Å²) in [7, 11) is 0. The van der Waals surface area contributed by atoms with Gasteiger partial charge in [-0.05, 0) is 19.3 Å². The van der Waals surface area contributed by atoms with Gasteiger partial charge in [0.25, 0.3) is 0 Å². The SMILES string of the molecule is CCCCCCCCCCCCNC(=O)CCNC(CC)NCCC(=O)NCCCCCCCCCCCC. The highest BCUT2D eigenvalue weighted by molar-refractivity contribution is 5.76. The molecule has 0 unspecified atom stereocenters. The molecule has 0 aliphatic heterocycles. The molecular formula is C33H68N4O2. The van der Waals surface area contributed by atoms with Gasteiger partial charge in [0.05, 0.1) is 6.17 Å². The molecular weight excluding hydrogens is 484 g/mol. The van der Waals surface area contributed by atoms with Crippen molar-refractivity contribution in [3.05, 3.63) is 0 Å². The van der Waals surface area contributed by atoms with Gasteiger partial charge in [-0.25, -0.2) is 0 Å². The lowest BCUT2D eigenvalue weighted by molar-refractivity contribution is -0.121. The summed E-state index contributed by atoms with van der Waals surface area (Å²) in [6.07, 6.45) is 28.3. The summed E-state index contributed by atoms with van der Waals surface area (Å²) < 4.78 is 0. The zero-order valence-corrected chi connectivity index (χ0v) is 26.5. The minimum absolute atomic E-state index is 0.125. The number of unbranched alkanes of at least 4 members (excludes halogenated alkanes) is 18. The van der Waals surface area contributed by atoms with E-state index in [0.29, 0.717) is 25.9 Å². The van der Waals surface area contributed by atoms with Crippen molar-refractivity contribution in [3.63, 3.8) is 0 Å². The van der Waals surface area contributed by atoms with E-state index in [1.54, 1.807) is 0 Å². The molecule has 0 heterocycles. The fourth-order valence-electron chi connectivity index (χ4n) is 4.94. The molecule has 0 aromatic heterocycles. The third kappa shape index (κ3) is 29.7. The summed E-state index contributed by atoms with van der Waals surface area (Å²) in [6.45, 7) is 9.53. The predicted molar refractivity (Wildman–Crippen MR) is 169 cm³/mol. The van der Waals surface area contributed by atoms with Crippen LogP contribution in [0.25, 0.3) is 0 Å². The average Bonchev–Trinajstić information content (AvgIpc) is 2.93. The van der Waals surface area contributed by atoms with Crippen LogP contribution in [0.2, 0.25) is 0 Å². The number of carbonyl (C=O) groups excluding carboxylic acids is 2. The number of amides is 2. The molecule has 232 valence electrons. The van der Waals surface area contributed by atoms with Gasteiger partial charge in [-0.1, -0.05) is 136 Å². The van der Waals surface area contributed by atoms with Crippen LogP contribution in [-0.2, 0) is 9.59 Å². The van der Waals surface area contributed by atoms with Crippen LogP contribution in [0.1, 0.15) is 168 Å². The van der Waals surface area contributed by atoms with Gasteiger partial charge in [-0.2, -0.15) is 0 Å². The molecule has 0 bridgehead atoms. The van der Waals surface area contributed by atoms with Gasteiger partial charge in [0.2, 0.25) is 11.8 Å². The summed E-state index contributed by atoms with van der Waals surface area (Å²) in [5.41, 5.74) is 0. The molecule has 0 saturated heterocycles. The third-order valence-electron chi connectivity index (χ3n) is 7.60. The standard InChI is InChI=1S/C33H68N4O2/c1-4-7-9-11-13-15-17-19-21-23-27-36-32(38)25-29-34-31(6-3)35-30-26-33(39)37-28-24-22-20-18-16-14-12-10-8-5-2/h31,34-35H,4-30H2,1-3H3,(H,36,38)(H,37,39). The number of carbonyl (C=O) groups is 2. The van der Waals surface area contributed by atoms with E-state index in [9.17, 15) is 9.59 Å². The zero-order chi connectivity index (χ0) is 28.7. The third-order valence-corrected chi connectivity index (χ3v) is 7.60. The van der Waals surface area contributed by atoms with Crippen molar-refractivity contribution in [2.24, 2.45) is 0 Å². The topological polar surface area (TPSA) is 82.3 Å². The second kappa shape index (κ2) is 31.4. The van der Waals surface area contributed by atoms with E-state index in [1.165, 1.54) is 116 Å². The van der Waals surface area contributed by atoms with Gasteiger partial charge < -0.3 is 21.3 Å². The molecule has 0 atom stereocenters. The van der Waals surface area contributed by atoms with Crippen LogP contribution < -0.4 is 21.3 Å². The van der Waals surface area contributed by atoms with Crippen LogP contribution in [-0.4, -0.2) is 44.2 Å². The molecule has 2 amide bonds. The largest absolute Gasteiger partial charge is 0.356 e. The predicted octanol–water partition coefficient (Wildman–Crippen LogP) is 7.76. The molecule has 0 spiro atoms. The van der Waals surface area contributed by atoms with Gasteiger partial charge >= 0.3 is 0 Å². The first-order valence-corrected chi connectivity index (χ1v) is 17.1. The molecule has 6 nitrogen and oxygen atoms in total. The lowest BCUT2D eigenvalue weighted by Crippen LogP contribution is -2.44. The Labute approximate surface area is 243 Å². The molecule has 0 aromatic carbocycles. The molecule has 6 heteroatoms. The molecule has 0 rings (SSSR count). The lowest BCUT2D eigenvalue weighted by atomic mass is 10.1. The molecule has 39 heavy (non-hydrogen) atoms. The monoisotopic (exact) mass is 553 g/mol. The van der Waals surface area contributed by atoms with Crippen molar-refractivity contribution >= 4 is 11.8 Å². The average molecular weight is 553 g/mol. The van der Waals surface area contributed by atoms with E-state index in [1.807, 2.05) is 0 Å². The first-order chi connectivity index (χ1) is 19.1. The van der Waals surface area contributed by atoms with Gasteiger partial charge in [-0.15, -0.1) is 0 Å². The summed E-state index contributed by atoms with van der Waals surface area (Å²) in [5, 5.41) is 12.9. The highest BCUT2D eigenvalue weighted by Crippen LogP contribution is 2.11. The van der Waals surface area contributed by atoms with E-state index in [4.69, 9.17) is 0 Å². The van der Waals surface area contributed by atoms with Gasteiger partial charge in [0, 0.05) is 39.0 Å². The number of rotatable bonds is 31. The summed E-state index contributed by atoms with van der Waals surface area (Å²) in [5.74, 6) is 0.249. The van der Waals surface area contributed by atoms with Crippen molar-refractivity contribution < 1.29 is 9.59 Å². The molecule has 0 fully saturated rings. The van der Waals surface area contributed by atoms with E-state index < -0.39 is 0 Å². The van der Waals surface area contributed by atoms with Gasteiger partial charge in [0.15, 0.2) is 0 Å². The Bertz CT molecular complexity index is 486. The summed E-state index contributed by atoms with van der Waals surface area (Å²) in [6, 6.07) is 0. The fraction of sp³-hybridized carbons (Fsp3) is 0.939. The smallest absolute Gasteiger partial charge is 0.221 e. The molecule has 0 saturated carbocycles. The normalized spacial score (nSPS) is 11.3. The summed E-state index contributed by atoms with van der Waals surface area (Å²) >= 11 is 0. The Balaban J connectivity index is 3.52. The zero-order valence-electron chi connectivity index (χ0n) is 26.5. The van der Waals surface area contributed by atoms with Crippen LogP contribution in [0.5, 0.6) is 0 Å². The van der Waals surface area contributed by atoms with E-state index >= 15 is 0 Å². The maximum atomic E-state index is 12.1. The minimum atomic E-state index is 0.125. The van der Waals surface area contributed by atoms with Crippen LogP contribution in [0.3, 0.4) is 0 Å². The van der Waals surface area contributed by atoms with Crippen molar-refractivity contribution in [1.29, 1.82) is 0 Å². The van der Waals surface area contributed by atoms with Crippen molar-refractivity contribution in [1.82, 2.24) is 21.3 Å². The summed E-state index contributed by atoms with van der Waals surface area (Å²) in [4.78, 5) is 24.2. The maximum absolute atomic E-state index is 12.1. The molecule has 0 aromatic rings. The van der Waals surface area contributed by atoms with Crippen molar-refractivity contribution in [2.75, 3.05) is 26.2 Å². The molecule has 0 aliphatic rings. The maximum Gasteiger partial charge on any atom is 0.221 e. The van der Waals surface area contributed by atoms with Crippen molar-refractivity contribution in [3.8, 4) is 0 Å². The Morgan fingerprint density at radius 1 is 0.436 bits per heavy atom. The Kier molecular flexibility index (Phi) is 30.5. The molecule has 0 aliphatic carbocycles. The first kappa shape index (κ1) is 37.9.